The summed E-state index contributed by atoms with van der Waals surface area (Å²) in [5.74, 6) is 1.74. The normalized spacial score (nSPS) is 16.9. The lowest BCUT2D eigenvalue weighted by Crippen LogP contribution is -2.21. The second kappa shape index (κ2) is 10.3. The minimum absolute atomic E-state index is 0.0146. The standard InChI is InChI=1S/C34H26O3S/c35-38(36,31-13-5-2-6-14-31)32-21-17-26(18-22-32)34-24-28-10-8-7-9-27(28)23-33(34)25-15-19-30(20-16-25)37-29-11-3-1-4-12-29/h1-22,33-34H,23H2. The Bertz CT molecular complexity index is 1630. The summed E-state index contributed by atoms with van der Waals surface area (Å²) in [4.78, 5) is 0.593. The molecule has 0 heterocycles. The molecule has 0 saturated carbocycles. The third-order valence-electron chi connectivity index (χ3n) is 7.06. The minimum atomic E-state index is -3.57. The largest absolute Gasteiger partial charge is 0.457 e. The van der Waals surface area contributed by atoms with Gasteiger partial charge in [-0.25, -0.2) is 8.42 Å². The van der Waals surface area contributed by atoms with Crippen molar-refractivity contribution >= 4 is 9.84 Å². The van der Waals surface area contributed by atoms with Crippen molar-refractivity contribution in [3.05, 3.63) is 162 Å². The lowest BCUT2D eigenvalue weighted by molar-refractivity contribution is 0.481. The molecule has 4 heteroatoms. The number of hydrogen-bond donors (Lipinski definition) is 0. The van der Waals surface area contributed by atoms with E-state index in [2.05, 4.69) is 36.8 Å². The predicted molar refractivity (Wildman–Crippen MR) is 149 cm³/mol. The van der Waals surface area contributed by atoms with Gasteiger partial charge in [-0.2, -0.15) is 0 Å². The first kappa shape index (κ1) is 24.2. The van der Waals surface area contributed by atoms with Crippen molar-refractivity contribution in [1.82, 2.24) is 0 Å². The van der Waals surface area contributed by atoms with E-state index in [-0.39, 0.29) is 11.8 Å². The fourth-order valence-corrected chi connectivity index (χ4v) is 6.37. The van der Waals surface area contributed by atoms with Gasteiger partial charge in [-0.3, -0.25) is 0 Å². The molecule has 0 aliphatic heterocycles. The second-order valence-corrected chi connectivity index (χ2v) is 11.4. The van der Waals surface area contributed by atoms with Gasteiger partial charge in [0.15, 0.2) is 0 Å². The van der Waals surface area contributed by atoms with Gasteiger partial charge in [-0.15, -0.1) is 0 Å². The van der Waals surface area contributed by atoms with Crippen LogP contribution in [0.25, 0.3) is 0 Å². The van der Waals surface area contributed by atoms with E-state index in [0.29, 0.717) is 9.79 Å². The topological polar surface area (TPSA) is 43.4 Å². The summed E-state index contributed by atoms with van der Waals surface area (Å²) in [7, 11) is -3.57. The fraction of sp³-hybridized carbons (Fsp3) is 0.0882. The number of ether oxygens (including phenoxy) is 1. The van der Waals surface area contributed by atoms with E-state index in [9.17, 15) is 8.42 Å². The lowest BCUT2D eigenvalue weighted by Gasteiger charge is -2.33. The van der Waals surface area contributed by atoms with Crippen LogP contribution in [-0.4, -0.2) is 8.42 Å². The smallest absolute Gasteiger partial charge is 0.206 e. The van der Waals surface area contributed by atoms with E-state index in [4.69, 9.17) is 4.74 Å². The Morgan fingerprint density at radius 2 is 1.13 bits per heavy atom. The SMILES string of the molecule is O=S(=O)(c1ccccc1)c1ccc(C2[C]c3ccccc3CC2c2ccc(Oc3ccccc3)cc2)cc1. The Morgan fingerprint density at radius 1 is 0.579 bits per heavy atom. The third-order valence-corrected chi connectivity index (χ3v) is 8.85. The number of para-hydroxylation sites is 1. The highest BCUT2D eigenvalue weighted by molar-refractivity contribution is 7.91. The van der Waals surface area contributed by atoms with Gasteiger partial charge in [-0.1, -0.05) is 84.9 Å². The summed E-state index contributed by atoms with van der Waals surface area (Å²) in [6, 6.07) is 42.2. The first-order valence-electron chi connectivity index (χ1n) is 12.7. The van der Waals surface area contributed by atoms with Gasteiger partial charge in [0.1, 0.15) is 11.5 Å². The van der Waals surface area contributed by atoms with Crippen LogP contribution < -0.4 is 4.74 Å². The van der Waals surface area contributed by atoms with Crippen molar-refractivity contribution < 1.29 is 13.2 Å². The number of rotatable bonds is 6. The van der Waals surface area contributed by atoms with E-state index in [1.54, 1.807) is 36.4 Å². The van der Waals surface area contributed by atoms with Crippen LogP contribution in [0.15, 0.2) is 143 Å². The molecule has 6 rings (SSSR count). The number of benzene rings is 5. The van der Waals surface area contributed by atoms with Crippen LogP contribution in [0.4, 0.5) is 0 Å². The molecule has 1 aliphatic rings. The Morgan fingerprint density at radius 3 is 1.84 bits per heavy atom. The van der Waals surface area contributed by atoms with E-state index in [0.717, 1.165) is 29.0 Å². The lowest BCUT2D eigenvalue weighted by atomic mass is 9.70. The van der Waals surface area contributed by atoms with Crippen LogP contribution in [-0.2, 0) is 16.3 Å². The Kier molecular flexibility index (Phi) is 6.57. The summed E-state index contributed by atoms with van der Waals surface area (Å²) in [6.45, 7) is 0. The van der Waals surface area contributed by atoms with Crippen LogP contribution in [0.1, 0.15) is 34.1 Å². The van der Waals surface area contributed by atoms with Gasteiger partial charge in [0, 0.05) is 12.3 Å². The zero-order valence-corrected chi connectivity index (χ0v) is 21.5. The highest BCUT2D eigenvalue weighted by Crippen LogP contribution is 2.44. The molecular weight excluding hydrogens is 488 g/mol. The van der Waals surface area contributed by atoms with Crippen LogP contribution in [0.3, 0.4) is 0 Å². The highest BCUT2D eigenvalue weighted by Gasteiger charge is 2.32. The van der Waals surface area contributed by atoms with Gasteiger partial charge in [-0.05, 0) is 83.1 Å². The summed E-state index contributed by atoms with van der Waals surface area (Å²) < 4.78 is 32.2. The highest BCUT2D eigenvalue weighted by atomic mass is 32.2. The number of sulfone groups is 1. The van der Waals surface area contributed by atoms with Crippen molar-refractivity contribution in [1.29, 1.82) is 0 Å². The Labute approximate surface area is 224 Å². The number of hydrogen-bond acceptors (Lipinski definition) is 3. The average Bonchev–Trinajstić information content (AvgIpc) is 2.98. The Hall–Kier alpha value is -4.15. The molecule has 2 radical (unpaired) electrons. The van der Waals surface area contributed by atoms with Crippen molar-refractivity contribution in [2.75, 3.05) is 0 Å². The minimum Gasteiger partial charge on any atom is -0.457 e. The molecule has 0 fully saturated rings. The van der Waals surface area contributed by atoms with Crippen LogP contribution in [0, 0.1) is 6.42 Å². The molecule has 186 valence electrons. The summed E-state index contributed by atoms with van der Waals surface area (Å²) >= 11 is 0. The van der Waals surface area contributed by atoms with Crippen molar-refractivity contribution in [2.45, 2.75) is 28.0 Å². The molecule has 38 heavy (non-hydrogen) atoms. The van der Waals surface area contributed by atoms with Gasteiger partial charge in [0.05, 0.1) is 9.79 Å². The van der Waals surface area contributed by atoms with Crippen molar-refractivity contribution in [3.8, 4) is 11.5 Å². The van der Waals surface area contributed by atoms with Crippen LogP contribution in [0.2, 0.25) is 0 Å². The molecule has 0 bridgehead atoms. The van der Waals surface area contributed by atoms with E-state index in [1.165, 1.54) is 11.1 Å². The van der Waals surface area contributed by atoms with E-state index in [1.807, 2.05) is 66.7 Å². The monoisotopic (exact) mass is 514 g/mol. The molecule has 5 aromatic rings. The van der Waals surface area contributed by atoms with Crippen LogP contribution in [0.5, 0.6) is 11.5 Å². The summed E-state index contributed by atoms with van der Waals surface area (Å²) in [5.41, 5.74) is 4.61. The maximum Gasteiger partial charge on any atom is 0.206 e. The molecule has 0 saturated heterocycles. The number of fused-ring (bicyclic) bond motifs is 1. The molecule has 0 aromatic heterocycles. The molecule has 1 aliphatic carbocycles. The summed E-state index contributed by atoms with van der Waals surface area (Å²) in [5, 5.41) is 0. The molecule has 0 spiro atoms. The van der Waals surface area contributed by atoms with Gasteiger partial charge >= 0.3 is 0 Å². The maximum absolute atomic E-state index is 13.1. The molecular formula is C34H26O3S. The van der Waals surface area contributed by atoms with E-state index < -0.39 is 9.84 Å². The molecule has 5 aromatic carbocycles. The molecule has 0 amide bonds. The van der Waals surface area contributed by atoms with Gasteiger partial charge in [0.2, 0.25) is 9.84 Å². The van der Waals surface area contributed by atoms with Gasteiger partial charge in [0.25, 0.3) is 0 Å². The van der Waals surface area contributed by atoms with Gasteiger partial charge < -0.3 is 4.74 Å². The fourth-order valence-electron chi connectivity index (χ4n) is 5.09. The molecule has 2 unspecified atom stereocenters. The molecule has 2 atom stereocenters. The quantitative estimate of drug-likeness (QED) is 0.232. The zero-order valence-electron chi connectivity index (χ0n) is 20.7. The van der Waals surface area contributed by atoms with E-state index >= 15 is 0 Å². The molecule has 3 nitrogen and oxygen atoms in total. The third kappa shape index (κ3) is 4.88. The predicted octanol–water partition coefficient (Wildman–Crippen LogP) is 7.86. The first-order chi connectivity index (χ1) is 18.6. The Balaban J connectivity index is 1.31. The van der Waals surface area contributed by atoms with Crippen molar-refractivity contribution in [2.24, 2.45) is 0 Å². The second-order valence-electron chi connectivity index (χ2n) is 9.46. The van der Waals surface area contributed by atoms with Crippen molar-refractivity contribution in [3.63, 3.8) is 0 Å². The maximum atomic E-state index is 13.1. The molecule has 0 N–H and O–H groups in total. The first-order valence-corrected chi connectivity index (χ1v) is 14.1. The summed E-state index contributed by atoms with van der Waals surface area (Å²) in [6.07, 6.45) is 4.60. The zero-order chi connectivity index (χ0) is 26.0. The van der Waals surface area contributed by atoms with Crippen LogP contribution >= 0.6 is 0 Å². The average molecular weight is 515 g/mol.